The van der Waals surface area contributed by atoms with Crippen LogP contribution in [0.15, 0.2) is 49.6 Å². The highest BCUT2D eigenvalue weighted by molar-refractivity contribution is 4.99. The van der Waals surface area contributed by atoms with Gasteiger partial charge in [0.25, 0.3) is 0 Å². The van der Waals surface area contributed by atoms with Gasteiger partial charge in [-0.05, 0) is 249 Å². The lowest BCUT2D eigenvalue weighted by atomic mass is 10.0. The van der Waals surface area contributed by atoms with E-state index in [0.717, 1.165) is 209 Å². The lowest BCUT2D eigenvalue weighted by molar-refractivity contribution is 0.452. The smallest absolute Gasteiger partial charge is 0.0829 e. The minimum atomic E-state index is 0.635. The van der Waals surface area contributed by atoms with Gasteiger partial charge in [-0.1, -0.05) is 360 Å². The number of hydrogen-bond acceptors (Lipinski definition) is 16. The average Bonchev–Trinajstić information content (AvgIpc) is 1.80. The molecule has 0 bridgehead atoms. The van der Waals surface area contributed by atoms with Crippen LogP contribution in [0.2, 0.25) is 0 Å². The molecule has 0 spiro atoms. The Balaban J connectivity index is 0.000000772. The molecule has 8 heterocycles. The zero-order valence-electron chi connectivity index (χ0n) is 93.8. The fraction of sp³-hybridized carbons (Fsp3) is 0.856. The van der Waals surface area contributed by atoms with Crippen molar-refractivity contribution in [2.24, 2.45) is 94.7 Å². The summed E-state index contributed by atoms with van der Waals surface area (Å²) in [5.74, 6) is 12.3. The molecule has 135 heavy (non-hydrogen) atoms. The predicted molar refractivity (Wildman–Crippen MR) is 570 cm³/mol. The molecular formula is C111H214N24. The molecule has 8 rings (SSSR count). The Morgan fingerprint density at radius 3 is 0.785 bits per heavy atom. The van der Waals surface area contributed by atoms with E-state index >= 15 is 0 Å². The van der Waals surface area contributed by atoms with Gasteiger partial charge in [0.15, 0.2) is 0 Å². The fourth-order valence-electron chi connectivity index (χ4n) is 15.1. The molecule has 778 valence electrons. The zero-order chi connectivity index (χ0) is 101. The third-order valence-corrected chi connectivity index (χ3v) is 23.7. The number of nitrogens with zero attached hydrogens (tertiary/aromatic N) is 24. The van der Waals surface area contributed by atoms with Crippen LogP contribution in [0.25, 0.3) is 0 Å². The normalized spacial score (nSPS) is 11.6. The monoisotopic (exact) mass is 1880 g/mol. The number of rotatable bonds is 63. The van der Waals surface area contributed by atoms with Crippen LogP contribution >= 0.6 is 0 Å². The number of hydrogen-bond donors (Lipinski definition) is 0. The van der Waals surface area contributed by atoms with Crippen molar-refractivity contribution in [1.29, 1.82) is 0 Å². The van der Waals surface area contributed by atoms with E-state index < -0.39 is 0 Å². The second-order valence-electron chi connectivity index (χ2n) is 46.0. The summed E-state index contributed by atoms with van der Waals surface area (Å²) in [4.78, 5) is 0. The molecule has 0 saturated carbocycles. The Morgan fingerprint density at radius 1 is 0.178 bits per heavy atom. The summed E-state index contributed by atoms with van der Waals surface area (Å²) in [6, 6.07) is 0. The van der Waals surface area contributed by atoms with Crippen LogP contribution in [0, 0.1) is 94.7 Å². The van der Waals surface area contributed by atoms with E-state index in [1.54, 1.807) is 0 Å². The Kier molecular flexibility index (Phi) is 73.7. The van der Waals surface area contributed by atoms with E-state index in [9.17, 15) is 0 Å². The van der Waals surface area contributed by atoms with Gasteiger partial charge >= 0.3 is 0 Å². The van der Waals surface area contributed by atoms with Gasteiger partial charge in [0.1, 0.15) is 0 Å². The highest BCUT2D eigenvalue weighted by Crippen LogP contribution is 2.20. The van der Waals surface area contributed by atoms with E-state index in [-0.39, 0.29) is 0 Å². The average molecular weight is 1890 g/mol. The summed E-state index contributed by atoms with van der Waals surface area (Å²) in [5, 5.41) is 66.3. The second-order valence-corrected chi connectivity index (χ2v) is 46.0. The van der Waals surface area contributed by atoms with E-state index in [2.05, 4.69) is 348 Å². The molecule has 0 amide bonds. The second kappa shape index (κ2) is 78.9. The predicted octanol–water partition coefficient (Wildman–Crippen LogP) is 29.2. The standard InChI is InChI=1S/C15H29N3.5C14H27N3.2C13H25N3/c1-13(2)8-5-6-10-15-12-16-17-18(15)11-7-9-14(3)4;1-12(2)7-5-9-14-11-17(16-15-14)10-6-8-13(3)4;1-12(2)7-5-6-10-17-11-14(15-16-17)9-8-13(3)4;1-12(2)7-5-6-8-14-11-17(16-15-14)10-9-13(3)4;1-12(2)7-5-6-8-14-11-15-16-17(14)10-9-13(3)4;1-12(2)8-6-5-7-9-17-11-14(15-16-17)10-13(3)4;1-11(2)6-5-7-13-10-14-15-16(13)9-8-12(3)4;1-11(2)7-5-6-8-13-9-14-15-16(13)10-12(3)4/h12-14H,5-11H2,1-4H3;5*11-13H,5-10H2,1-4H3;10-12H,5-9H2,1-4H3;9,11-12H,5-8,10H2,1-4H3. The van der Waals surface area contributed by atoms with E-state index in [4.69, 9.17) is 0 Å². The first-order chi connectivity index (χ1) is 64.2. The summed E-state index contributed by atoms with van der Waals surface area (Å²) in [5.41, 5.74) is 9.76. The number of aryl methyl sites for hydroxylation is 14. The van der Waals surface area contributed by atoms with Gasteiger partial charge in [-0.2, -0.15) is 0 Å². The van der Waals surface area contributed by atoms with Crippen LogP contribution < -0.4 is 0 Å². The maximum atomic E-state index is 4.22. The first kappa shape index (κ1) is 126. The first-order valence-corrected chi connectivity index (χ1v) is 55.2. The summed E-state index contributed by atoms with van der Waals surface area (Å²) in [6.45, 7) is 80.4. The molecule has 24 nitrogen and oxygen atoms in total. The molecule has 0 aliphatic carbocycles. The highest BCUT2D eigenvalue weighted by atomic mass is 15.5. The van der Waals surface area contributed by atoms with Crippen molar-refractivity contribution in [2.45, 2.75) is 524 Å². The van der Waals surface area contributed by atoms with E-state index in [0.29, 0.717) is 11.8 Å². The maximum Gasteiger partial charge on any atom is 0.0829 e. The SMILES string of the molecule is CC(C)CCCCCn1cc(CC(C)C)nn1.CC(C)CCCCc1cn(CCC(C)C)nn1.CC(C)CCCCc1cnnn1CC(C)C.CC(C)CCCCc1cnnn1CCC(C)C.CC(C)CCCCc1cnnn1CCCC(C)C.CC(C)CCCCn1cc(CCC(C)C)nn1.CC(C)CCCc1cn(CCCC(C)C)nn1.CC(C)CCCc1cnnn1CCC(C)C. The lowest BCUT2D eigenvalue weighted by Crippen LogP contribution is -2.10. The van der Waals surface area contributed by atoms with Crippen molar-refractivity contribution in [2.75, 3.05) is 0 Å². The van der Waals surface area contributed by atoms with Crippen molar-refractivity contribution < 1.29 is 0 Å². The molecule has 0 aromatic carbocycles. The van der Waals surface area contributed by atoms with Crippen LogP contribution in [-0.4, -0.2) is 120 Å². The summed E-state index contributed by atoms with van der Waals surface area (Å²) < 4.78 is 16.3. The van der Waals surface area contributed by atoms with Gasteiger partial charge in [0.05, 0.1) is 70.3 Å². The van der Waals surface area contributed by atoms with Crippen LogP contribution in [0.3, 0.4) is 0 Å². The van der Waals surface area contributed by atoms with Gasteiger partial charge in [0, 0.05) is 77.1 Å². The third-order valence-electron chi connectivity index (χ3n) is 23.7. The molecule has 0 radical (unpaired) electrons. The minimum Gasteiger partial charge on any atom is -0.252 e. The van der Waals surface area contributed by atoms with Crippen LogP contribution in [0.5, 0.6) is 0 Å². The van der Waals surface area contributed by atoms with Gasteiger partial charge in [0.2, 0.25) is 0 Å². The van der Waals surface area contributed by atoms with Gasteiger partial charge in [-0.15, -0.1) is 40.8 Å². The topological polar surface area (TPSA) is 246 Å². The van der Waals surface area contributed by atoms with Gasteiger partial charge in [-0.3, -0.25) is 18.7 Å². The van der Waals surface area contributed by atoms with Crippen molar-refractivity contribution in [3.63, 3.8) is 0 Å². The number of unbranched alkanes of at least 4 members (excludes halogenated alkanes) is 7. The molecule has 0 aliphatic rings. The van der Waals surface area contributed by atoms with E-state index in [1.165, 1.54) is 222 Å². The van der Waals surface area contributed by atoms with Crippen molar-refractivity contribution in [3.05, 3.63) is 95.1 Å². The Bertz CT molecular complexity index is 3800. The van der Waals surface area contributed by atoms with Crippen LogP contribution in [-0.2, 0) is 104 Å². The fourth-order valence-corrected chi connectivity index (χ4v) is 15.1. The third kappa shape index (κ3) is 73.9. The molecule has 0 unspecified atom stereocenters. The Labute approximate surface area is 829 Å². The Morgan fingerprint density at radius 2 is 0.422 bits per heavy atom. The summed E-state index contributed by atoms with van der Waals surface area (Å²) in [7, 11) is 0. The molecule has 8 aromatic heterocycles. The molecule has 8 aromatic rings. The summed E-state index contributed by atoms with van der Waals surface area (Å²) in [6.07, 6.45) is 64.1. The molecule has 0 N–H and O–H groups in total. The lowest BCUT2D eigenvalue weighted by Gasteiger charge is -2.08. The maximum absolute atomic E-state index is 4.22. The molecule has 0 saturated heterocycles. The van der Waals surface area contributed by atoms with Crippen LogP contribution in [0.4, 0.5) is 0 Å². The van der Waals surface area contributed by atoms with E-state index in [1.807, 2.05) is 43.5 Å². The van der Waals surface area contributed by atoms with Gasteiger partial charge < -0.3 is 0 Å². The van der Waals surface area contributed by atoms with Crippen LogP contribution in [0.1, 0.15) is 466 Å². The largest absolute Gasteiger partial charge is 0.252 e. The van der Waals surface area contributed by atoms with Gasteiger partial charge in [-0.25, -0.2) is 18.7 Å². The quantitative estimate of drug-likeness (QED) is 0.0322. The Hall–Kier alpha value is -6.88. The van der Waals surface area contributed by atoms with Crippen molar-refractivity contribution >= 4 is 0 Å². The molecule has 0 atom stereocenters. The van der Waals surface area contributed by atoms with Crippen molar-refractivity contribution in [3.8, 4) is 0 Å². The molecule has 0 fully saturated rings. The number of aromatic nitrogens is 24. The van der Waals surface area contributed by atoms with Crippen molar-refractivity contribution in [1.82, 2.24) is 120 Å². The molecule has 0 aliphatic heterocycles. The highest BCUT2D eigenvalue weighted by Gasteiger charge is 2.14. The summed E-state index contributed by atoms with van der Waals surface area (Å²) >= 11 is 0. The minimum absolute atomic E-state index is 0.635. The molecular weight excluding hydrogens is 1670 g/mol. The molecule has 24 heteroatoms. The first-order valence-electron chi connectivity index (χ1n) is 55.2. The zero-order valence-corrected chi connectivity index (χ0v) is 93.8.